The van der Waals surface area contributed by atoms with E-state index >= 15 is 0 Å². The molecule has 0 aromatic heterocycles. The van der Waals surface area contributed by atoms with Crippen LogP contribution in [0.1, 0.15) is 27.1 Å². The maximum absolute atomic E-state index is 12.3. The lowest BCUT2D eigenvalue weighted by Crippen LogP contribution is -2.55. The second-order valence-corrected chi connectivity index (χ2v) is 5.42. The average Bonchev–Trinajstić information content (AvgIpc) is 2.96. The van der Waals surface area contributed by atoms with Gasteiger partial charge >= 0.3 is 5.97 Å². The Morgan fingerprint density at radius 2 is 1.95 bits per heavy atom. The van der Waals surface area contributed by atoms with Crippen molar-refractivity contribution >= 4 is 17.8 Å². The predicted octanol–water partition coefficient (Wildman–Crippen LogP) is 0.362. The summed E-state index contributed by atoms with van der Waals surface area (Å²) in [5, 5.41) is 11.8. The van der Waals surface area contributed by atoms with Crippen LogP contribution < -0.4 is 5.32 Å². The minimum atomic E-state index is -1.40. The largest absolute Gasteiger partial charge is 0.479 e. The van der Waals surface area contributed by atoms with E-state index in [1.807, 2.05) is 0 Å². The molecule has 7 heteroatoms. The van der Waals surface area contributed by atoms with E-state index in [4.69, 9.17) is 4.74 Å². The number of nitrogens with one attached hydrogen (secondary N) is 1. The van der Waals surface area contributed by atoms with Crippen molar-refractivity contribution in [2.45, 2.75) is 12.0 Å². The first-order valence-electron chi connectivity index (χ1n) is 6.81. The number of carbonyl (C=O) groups is 3. The third-order valence-corrected chi connectivity index (χ3v) is 3.56. The number of nitrogens with zero attached hydrogens (tertiary/aromatic N) is 1. The molecule has 0 saturated carbocycles. The third kappa shape index (κ3) is 3.09. The predicted molar refractivity (Wildman–Crippen MR) is 77.7 cm³/mol. The lowest BCUT2D eigenvalue weighted by Gasteiger charge is -2.23. The van der Waals surface area contributed by atoms with E-state index in [2.05, 4.69) is 5.32 Å². The van der Waals surface area contributed by atoms with E-state index in [-0.39, 0.29) is 31.1 Å². The molecular weight excluding hydrogens is 288 g/mol. The van der Waals surface area contributed by atoms with Crippen LogP contribution in [-0.4, -0.2) is 60.6 Å². The summed E-state index contributed by atoms with van der Waals surface area (Å²) >= 11 is 0. The van der Waals surface area contributed by atoms with Crippen LogP contribution in [0.5, 0.6) is 0 Å². The van der Waals surface area contributed by atoms with E-state index in [0.717, 1.165) is 0 Å². The molecule has 22 heavy (non-hydrogen) atoms. The number of carboxylic acid groups (broad SMARTS) is 1. The maximum atomic E-state index is 12.3. The van der Waals surface area contributed by atoms with Gasteiger partial charge in [0.15, 0.2) is 5.54 Å². The number of hydrogen-bond donors (Lipinski definition) is 2. The molecule has 0 bridgehead atoms. The third-order valence-electron chi connectivity index (χ3n) is 3.56. The van der Waals surface area contributed by atoms with E-state index < -0.39 is 17.4 Å². The molecule has 1 aromatic carbocycles. The molecule has 0 radical (unpaired) electrons. The summed E-state index contributed by atoms with van der Waals surface area (Å²) in [6.45, 7) is 0.218. The summed E-state index contributed by atoms with van der Waals surface area (Å²) in [6, 6.07) is 6.17. The molecule has 0 aliphatic carbocycles. The van der Waals surface area contributed by atoms with Crippen LogP contribution >= 0.6 is 0 Å². The van der Waals surface area contributed by atoms with Gasteiger partial charge in [-0.3, -0.25) is 9.59 Å². The molecule has 1 aliphatic heterocycles. The van der Waals surface area contributed by atoms with Crippen molar-refractivity contribution in [2.24, 2.45) is 0 Å². The number of carboxylic acids is 1. The Bertz CT molecular complexity index is 606. The molecule has 1 atom stereocenters. The van der Waals surface area contributed by atoms with E-state index in [9.17, 15) is 19.5 Å². The molecule has 1 unspecified atom stereocenters. The molecule has 1 fully saturated rings. The molecule has 2 rings (SSSR count). The molecule has 2 N–H and O–H groups in total. The van der Waals surface area contributed by atoms with E-state index in [1.165, 1.54) is 17.0 Å². The SMILES string of the molecule is CN(C)C(=O)c1cccc(C(=O)NC2(C(=O)O)CCOC2)c1. The zero-order valence-electron chi connectivity index (χ0n) is 12.5. The number of benzene rings is 1. The number of aliphatic carboxylic acids is 1. The molecule has 1 aliphatic rings. The number of carbonyl (C=O) groups excluding carboxylic acids is 2. The summed E-state index contributed by atoms with van der Waals surface area (Å²) in [7, 11) is 3.23. The van der Waals surface area contributed by atoms with E-state index in [1.54, 1.807) is 26.2 Å². The molecular formula is C15H18N2O5. The van der Waals surface area contributed by atoms with Gasteiger partial charge in [0.2, 0.25) is 0 Å². The molecule has 1 saturated heterocycles. The lowest BCUT2D eigenvalue weighted by atomic mass is 9.98. The zero-order valence-corrected chi connectivity index (χ0v) is 12.5. The summed E-state index contributed by atoms with van der Waals surface area (Å²) in [6.07, 6.45) is 0.213. The second-order valence-electron chi connectivity index (χ2n) is 5.42. The topological polar surface area (TPSA) is 95.9 Å². The lowest BCUT2D eigenvalue weighted by molar-refractivity contribution is -0.144. The minimum Gasteiger partial charge on any atom is -0.479 e. The van der Waals surface area contributed by atoms with Gasteiger partial charge in [-0.15, -0.1) is 0 Å². The molecule has 7 nitrogen and oxygen atoms in total. The fraction of sp³-hybridized carbons (Fsp3) is 0.400. The first-order chi connectivity index (χ1) is 10.4. The number of amides is 2. The Morgan fingerprint density at radius 1 is 1.27 bits per heavy atom. The van der Waals surface area contributed by atoms with Crippen molar-refractivity contribution in [3.63, 3.8) is 0 Å². The van der Waals surface area contributed by atoms with Gasteiger partial charge in [0.05, 0.1) is 6.61 Å². The van der Waals surface area contributed by atoms with Crippen LogP contribution in [0, 0.1) is 0 Å². The highest BCUT2D eigenvalue weighted by Gasteiger charge is 2.44. The minimum absolute atomic E-state index is 0.0651. The smallest absolute Gasteiger partial charge is 0.331 e. The fourth-order valence-electron chi connectivity index (χ4n) is 2.23. The number of ether oxygens (including phenoxy) is 1. The Hall–Kier alpha value is -2.41. The monoisotopic (exact) mass is 306 g/mol. The number of rotatable bonds is 4. The molecule has 1 heterocycles. The maximum Gasteiger partial charge on any atom is 0.331 e. The van der Waals surface area contributed by atoms with Crippen molar-refractivity contribution in [1.29, 1.82) is 0 Å². The quantitative estimate of drug-likeness (QED) is 0.837. The van der Waals surface area contributed by atoms with Crippen molar-refractivity contribution in [3.8, 4) is 0 Å². The van der Waals surface area contributed by atoms with Gasteiger partial charge in [-0.05, 0) is 18.2 Å². The van der Waals surface area contributed by atoms with Crippen LogP contribution in [-0.2, 0) is 9.53 Å². The van der Waals surface area contributed by atoms with Crippen LogP contribution in [0.3, 0.4) is 0 Å². The number of hydrogen-bond acceptors (Lipinski definition) is 4. The normalized spacial score (nSPS) is 20.5. The summed E-state index contributed by atoms with van der Waals surface area (Å²) in [5.41, 5.74) is -0.802. The Morgan fingerprint density at radius 3 is 2.50 bits per heavy atom. The van der Waals surface area contributed by atoms with Gasteiger partial charge < -0.3 is 20.1 Å². The zero-order chi connectivity index (χ0) is 16.3. The van der Waals surface area contributed by atoms with Crippen molar-refractivity contribution in [3.05, 3.63) is 35.4 Å². The van der Waals surface area contributed by atoms with Gasteiger partial charge in [-0.1, -0.05) is 6.07 Å². The first kappa shape index (κ1) is 16.0. The fourth-order valence-corrected chi connectivity index (χ4v) is 2.23. The van der Waals surface area contributed by atoms with Crippen molar-refractivity contribution < 1.29 is 24.2 Å². The van der Waals surface area contributed by atoms with Crippen LogP contribution in [0.25, 0.3) is 0 Å². The second kappa shape index (κ2) is 6.15. The van der Waals surface area contributed by atoms with Crippen LogP contribution in [0.15, 0.2) is 24.3 Å². The highest BCUT2D eigenvalue weighted by molar-refractivity contribution is 6.01. The average molecular weight is 306 g/mol. The van der Waals surface area contributed by atoms with Gasteiger partial charge in [-0.25, -0.2) is 4.79 Å². The van der Waals surface area contributed by atoms with Crippen molar-refractivity contribution in [1.82, 2.24) is 10.2 Å². The highest BCUT2D eigenvalue weighted by atomic mass is 16.5. The highest BCUT2D eigenvalue weighted by Crippen LogP contribution is 2.20. The molecule has 118 valence electrons. The molecule has 0 spiro atoms. The first-order valence-corrected chi connectivity index (χ1v) is 6.81. The van der Waals surface area contributed by atoms with E-state index in [0.29, 0.717) is 5.56 Å². The van der Waals surface area contributed by atoms with Crippen LogP contribution in [0.4, 0.5) is 0 Å². The molecule has 2 amide bonds. The Labute approximate surface area is 127 Å². The standard InChI is InChI=1S/C15H18N2O5/c1-17(2)13(19)11-5-3-4-10(8-11)12(18)16-15(14(20)21)6-7-22-9-15/h3-5,8H,6-7,9H2,1-2H3,(H,16,18)(H,20,21). The van der Waals surface area contributed by atoms with Gasteiger partial charge in [0, 0.05) is 38.2 Å². The summed E-state index contributed by atoms with van der Waals surface area (Å²) in [5.74, 6) is -1.90. The summed E-state index contributed by atoms with van der Waals surface area (Å²) < 4.78 is 5.10. The van der Waals surface area contributed by atoms with Crippen molar-refractivity contribution in [2.75, 3.05) is 27.3 Å². The van der Waals surface area contributed by atoms with Gasteiger partial charge in [-0.2, -0.15) is 0 Å². The van der Waals surface area contributed by atoms with Crippen LogP contribution in [0.2, 0.25) is 0 Å². The molecule has 1 aromatic rings. The summed E-state index contributed by atoms with van der Waals surface area (Å²) in [4.78, 5) is 37.0. The Balaban J connectivity index is 2.21. The Kier molecular flexibility index (Phi) is 4.46. The van der Waals surface area contributed by atoms with Gasteiger partial charge in [0.25, 0.3) is 11.8 Å². The van der Waals surface area contributed by atoms with Gasteiger partial charge in [0.1, 0.15) is 0 Å².